The van der Waals surface area contributed by atoms with Crippen molar-refractivity contribution in [2.45, 2.75) is 18.4 Å². The molecule has 0 unspecified atom stereocenters. The second-order valence-electron chi connectivity index (χ2n) is 8.37. The Morgan fingerprint density at radius 1 is 0.861 bits per heavy atom. The van der Waals surface area contributed by atoms with E-state index in [0.717, 1.165) is 33.7 Å². The van der Waals surface area contributed by atoms with Gasteiger partial charge in [-0.15, -0.1) is 0 Å². The van der Waals surface area contributed by atoms with Gasteiger partial charge in [-0.25, -0.2) is 0 Å². The van der Waals surface area contributed by atoms with Gasteiger partial charge in [-0.3, -0.25) is 14.5 Å². The normalized spacial score (nSPS) is 15.1. The van der Waals surface area contributed by atoms with E-state index in [-0.39, 0.29) is 28.3 Å². The number of benzene rings is 4. The molecule has 1 saturated heterocycles. The van der Waals surface area contributed by atoms with Gasteiger partial charge in [0.15, 0.2) is 0 Å². The smallest absolute Gasteiger partial charge is 0.339 e. The predicted octanol–water partition coefficient (Wildman–Crippen LogP) is 6.15. The Labute approximate surface area is 213 Å². The van der Waals surface area contributed by atoms with Crippen molar-refractivity contribution >= 4 is 49.9 Å². The van der Waals surface area contributed by atoms with Gasteiger partial charge < -0.3 is 4.18 Å². The molecule has 0 radical (unpaired) electrons. The fourth-order valence-electron chi connectivity index (χ4n) is 3.81. The third-order valence-corrected chi connectivity index (χ3v) is 7.89. The highest BCUT2D eigenvalue weighted by Crippen LogP contribution is 2.34. The molecule has 8 heteroatoms. The molecule has 1 aliphatic heterocycles. The first-order chi connectivity index (χ1) is 17.3. The molecule has 0 aromatic heterocycles. The summed E-state index contributed by atoms with van der Waals surface area (Å²) in [6, 6.07) is 26.5. The lowest BCUT2D eigenvalue weighted by atomic mass is 10.1. The lowest BCUT2D eigenvalue weighted by Gasteiger charge is -2.13. The zero-order chi connectivity index (χ0) is 25.3. The SMILES string of the molecule is Cc1ccc(S(=O)(=O)Oc2ccc(/C=C3\SC(=O)N(Cc4ccc5ccccc5c4)C3=O)cc2)cc1. The Bertz CT molecular complexity index is 1610. The minimum Gasteiger partial charge on any atom is -0.379 e. The Kier molecular flexibility index (Phi) is 6.38. The van der Waals surface area contributed by atoms with Gasteiger partial charge in [-0.2, -0.15) is 8.42 Å². The van der Waals surface area contributed by atoms with Gasteiger partial charge in [0.25, 0.3) is 11.1 Å². The summed E-state index contributed by atoms with van der Waals surface area (Å²) >= 11 is 0.884. The molecule has 0 spiro atoms. The van der Waals surface area contributed by atoms with E-state index in [9.17, 15) is 18.0 Å². The molecule has 4 aromatic carbocycles. The average molecular weight is 516 g/mol. The van der Waals surface area contributed by atoms with Crippen LogP contribution in [0.4, 0.5) is 4.79 Å². The number of carbonyl (C=O) groups is 2. The van der Waals surface area contributed by atoms with E-state index < -0.39 is 10.1 Å². The number of aryl methyl sites for hydroxylation is 1. The van der Waals surface area contributed by atoms with E-state index in [4.69, 9.17) is 4.18 Å². The molecule has 180 valence electrons. The number of thioether (sulfide) groups is 1. The molecule has 5 rings (SSSR count). The summed E-state index contributed by atoms with van der Waals surface area (Å²) in [7, 11) is -3.96. The summed E-state index contributed by atoms with van der Waals surface area (Å²) in [5, 5.41) is 1.81. The number of imide groups is 1. The van der Waals surface area contributed by atoms with E-state index in [1.165, 1.54) is 29.2 Å². The molecule has 0 atom stereocenters. The molecule has 1 aliphatic rings. The van der Waals surface area contributed by atoms with Crippen LogP contribution in [0.2, 0.25) is 0 Å². The van der Waals surface area contributed by atoms with Crippen LogP contribution in [0.1, 0.15) is 16.7 Å². The Morgan fingerprint density at radius 2 is 1.56 bits per heavy atom. The summed E-state index contributed by atoms with van der Waals surface area (Å²) in [6.45, 7) is 2.06. The summed E-state index contributed by atoms with van der Waals surface area (Å²) in [5.74, 6) is -0.211. The number of amides is 2. The number of nitrogens with zero attached hydrogens (tertiary/aromatic N) is 1. The molecule has 1 fully saturated rings. The Hall–Kier alpha value is -3.88. The van der Waals surface area contributed by atoms with Crippen LogP contribution in [-0.2, 0) is 21.5 Å². The third-order valence-electron chi connectivity index (χ3n) is 5.72. The van der Waals surface area contributed by atoms with Crippen LogP contribution in [0.25, 0.3) is 16.8 Å². The van der Waals surface area contributed by atoms with Gasteiger partial charge in [0.05, 0.1) is 11.4 Å². The van der Waals surface area contributed by atoms with Crippen molar-refractivity contribution in [1.29, 1.82) is 0 Å². The van der Waals surface area contributed by atoms with Crippen molar-refractivity contribution in [2.75, 3.05) is 0 Å². The van der Waals surface area contributed by atoms with Gasteiger partial charge in [-0.05, 0) is 77.0 Å². The van der Waals surface area contributed by atoms with Crippen LogP contribution in [0, 0.1) is 6.92 Å². The molecule has 0 saturated carbocycles. The lowest BCUT2D eigenvalue weighted by Crippen LogP contribution is -2.27. The molecule has 6 nitrogen and oxygen atoms in total. The van der Waals surface area contributed by atoms with E-state index >= 15 is 0 Å². The topological polar surface area (TPSA) is 80.8 Å². The van der Waals surface area contributed by atoms with Crippen molar-refractivity contribution < 1.29 is 22.2 Å². The van der Waals surface area contributed by atoms with E-state index in [2.05, 4.69) is 0 Å². The van der Waals surface area contributed by atoms with Gasteiger partial charge >= 0.3 is 10.1 Å². The van der Waals surface area contributed by atoms with Crippen molar-refractivity contribution in [3.05, 3.63) is 113 Å². The molecule has 4 aromatic rings. The van der Waals surface area contributed by atoms with Crippen LogP contribution >= 0.6 is 11.8 Å². The predicted molar refractivity (Wildman–Crippen MR) is 141 cm³/mol. The number of hydrogen-bond acceptors (Lipinski definition) is 6. The first-order valence-electron chi connectivity index (χ1n) is 11.1. The van der Waals surface area contributed by atoms with Crippen molar-refractivity contribution in [1.82, 2.24) is 4.90 Å². The molecule has 0 N–H and O–H groups in total. The van der Waals surface area contributed by atoms with Gasteiger partial charge in [0.1, 0.15) is 10.6 Å². The van der Waals surface area contributed by atoms with Crippen LogP contribution in [0.5, 0.6) is 5.75 Å². The number of fused-ring (bicyclic) bond motifs is 1. The first-order valence-corrected chi connectivity index (χ1v) is 13.4. The third kappa shape index (κ3) is 5.05. The molecule has 0 bridgehead atoms. The highest BCUT2D eigenvalue weighted by Gasteiger charge is 2.35. The van der Waals surface area contributed by atoms with Gasteiger partial charge in [-0.1, -0.05) is 66.2 Å². The monoisotopic (exact) mass is 515 g/mol. The fraction of sp³-hybridized carbons (Fsp3) is 0.0714. The fourth-order valence-corrected chi connectivity index (χ4v) is 5.58. The lowest BCUT2D eigenvalue weighted by molar-refractivity contribution is -0.123. The zero-order valence-corrected chi connectivity index (χ0v) is 20.9. The summed E-state index contributed by atoms with van der Waals surface area (Å²) < 4.78 is 30.2. The minimum atomic E-state index is -3.96. The number of carbonyl (C=O) groups excluding carboxylic acids is 2. The minimum absolute atomic E-state index is 0.0669. The largest absolute Gasteiger partial charge is 0.379 e. The zero-order valence-electron chi connectivity index (χ0n) is 19.2. The maximum Gasteiger partial charge on any atom is 0.339 e. The molecule has 2 amide bonds. The van der Waals surface area contributed by atoms with E-state index in [1.54, 1.807) is 30.3 Å². The standard InChI is InChI=1S/C28H21NO5S2/c1-19-6-14-25(15-7-19)36(32,33)34-24-12-9-20(10-13-24)17-26-27(30)29(28(31)35-26)18-21-8-11-22-4-2-3-5-23(22)16-21/h2-17H,18H2,1H3/b26-17-. The van der Waals surface area contributed by atoms with E-state index in [1.807, 2.05) is 49.4 Å². The number of rotatable bonds is 6. The second kappa shape index (κ2) is 9.64. The summed E-state index contributed by atoms with van der Waals surface area (Å²) in [5.41, 5.74) is 2.46. The van der Waals surface area contributed by atoms with Crippen molar-refractivity contribution in [2.24, 2.45) is 0 Å². The van der Waals surface area contributed by atoms with Gasteiger partial charge in [0, 0.05) is 0 Å². The molecule has 0 aliphatic carbocycles. The molecule has 36 heavy (non-hydrogen) atoms. The van der Waals surface area contributed by atoms with Crippen LogP contribution in [-0.4, -0.2) is 24.5 Å². The number of hydrogen-bond donors (Lipinski definition) is 0. The highest BCUT2D eigenvalue weighted by atomic mass is 32.2. The van der Waals surface area contributed by atoms with Gasteiger partial charge in [0.2, 0.25) is 0 Å². The van der Waals surface area contributed by atoms with Crippen molar-refractivity contribution in [3.8, 4) is 5.75 Å². The maximum atomic E-state index is 12.9. The Morgan fingerprint density at radius 3 is 2.28 bits per heavy atom. The molecular weight excluding hydrogens is 494 g/mol. The van der Waals surface area contributed by atoms with Crippen LogP contribution in [0.3, 0.4) is 0 Å². The second-order valence-corrected chi connectivity index (χ2v) is 10.9. The maximum absolute atomic E-state index is 12.9. The average Bonchev–Trinajstić information content (AvgIpc) is 3.12. The quantitative estimate of drug-likeness (QED) is 0.226. The van der Waals surface area contributed by atoms with Crippen LogP contribution < -0.4 is 4.18 Å². The highest BCUT2D eigenvalue weighted by molar-refractivity contribution is 8.18. The molecule has 1 heterocycles. The first kappa shape index (κ1) is 23.8. The van der Waals surface area contributed by atoms with Crippen LogP contribution in [0.15, 0.2) is 101 Å². The summed E-state index contributed by atoms with van der Waals surface area (Å²) in [4.78, 5) is 27.1. The van der Waals surface area contributed by atoms with E-state index in [0.29, 0.717) is 10.5 Å². The van der Waals surface area contributed by atoms with Crippen molar-refractivity contribution in [3.63, 3.8) is 0 Å². The summed E-state index contributed by atoms with van der Waals surface area (Å²) in [6.07, 6.45) is 1.61. The Balaban J connectivity index is 1.29. The molecular formula is C28H21NO5S2.